The van der Waals surface area contributed by atoms with Crippen LogP contribution in [0.3, 0.4) is 0 Å². The molecule has 1 aliphatic rings. The molecule has 1 saturated heterocycles. The van der Waals surface area contributed by atoms with Gasteiger partial charge in [-0.2, -0.15) is 5.26 Å². The van der Waals surface area contributed by atoms with Gasteiger partial charge in [0.1, 0.15) is 0 Å². The molecule has 24 heavy (non-hydrogen) atoms. The lowest BCUT2D eigenvalue weighted by Gasteiger charge is -2.34. The first kappa shape index (κ1) is 17.1. The molecule has 2 heterocycles. The summed E-state index contributed by atoms with van der Waals surface area (Å²) in [6.45, 7) is 6.67. The Bertz CT molecular complexity index is 657. The van der Waals surface area contributed by atoms with E-state index in [1.165, 1.54) is 10.4 Å². The summed E-state index contributed by atoms with van der Waals surface area (Å²) in [5, 5.41) is 14.7. The minimum absolute atomic E-state index is 0.251. The van der Waals surface area contributed by atoms with Crippen LogP contribution in [-0.4, -0.2) is 37.7 Å². The van der Waals surface area contributed by atoms with Crippen LogP contribution in [0.2, 0.25) is 0 Å². The highest BCUT2D eigenvalue weighted by Gasteiger charge is 2.23. The van der Waals surface area contributed by atoms with Crippen molar-refractivity contribution in [3.8, 4) is 6.07 Å². The Hall–Kier alpha value is -1.71. The topological polar surface area (TPSA) is 48.3 Å². The van der Waals surface area contributed by atoms with Gasteiger partial charge >= 0.3 is 0 Å². The smallest absolute Gasteiger partial charge is 0.0991 e. The lowest BCUT2D eigenvalue weighted by Crippen LogP contribution is -2.42. The van der Waals surface area contributed by atoms with Gasteiger partial charge in [0, 0.05) is 30.6 Å². The zero-order valence-corrected chi connectivity index (χ0v) is 14.8. The number of morpholine rings is 1. The Kier molecular flexibility index (Phi) is 6.00. The van der Waals surface area contributed by atoms with E-state index in [-0.39, 0.29) is 6.04 Å². The first-order valence-corrected chi connectivity index (χ1v) is 9.24. The fourth-order valence-corrected chi connectivity index (χ4v) is 3.89. The SMILES string of the molecule is C[C@H](NC[C@H](c1cccs1)N1CCOCC1)c1ccc(C#N)cc1. The molecule has 2 atom stereocenters. The van der Waals surface area contributed by atoms with E-state index in [1.807, 2.05) is 35.6 Å². The van der Waals surface area contributed by atoms with Gasteiger partial charge in [0.2, 0.25) is 0 Å². The highest BCUT2D eigenvalue weighted by molar-refractivity contribution is 7.10. The van der Waals surface area contributed by atoms with Crippen LogP contribution in [0.15, 0.2) is 41.8 Å². The molecule has 5 heteroatoms. The number of thiophene rings is 1. The van der Waals surface area contributed by atoms with E-state index in [9.17, 15) is 0 Å². The van der Waals surface area contributed by atoms with Crippen molar-refractivity contribution in [1.29, 1.82) is 5.26 Å². The molecule has 0 aliphatic carbocycles. The largest absolute Gasteiger partial charge is 0.379 e. The van der Waals surface area contributed by atoms with Gasteiger partial charge in [0.05, 0.1) is 30.9 Å². The van der Waals surface area contributed by atoms with Crippen molar-refractivity contribution in [2.75, 3.05) is 32.8 Å². The molecule has 1 aromatic heterocycles. The maximum absolute atomic E-state index is 8.91. The number of nitriles is 1. The quantitative estimate of drug-likeness (QED) is 0.875. The minimum atomic E-state index is 0.251. The molecule has 0 amide bonds. The van der Waals surface area contributed by atoms with E-state index in [0.29, 0.717) is 11.6 Å². The summed E-state index contributed by atoms with van der Waals surface area (Å²) >= 11 is 1.82. The Morgan fingerprint density at radius 3 is 2.62 bits per heavy atom. The average Bonchev–Trinajstić information content (AvgIpc) is 3.17. The molecular formula is C19H23N3OS. The Morgan fingerprint density at radius 1 is 1.25 bits per heavy atom. The van der Waals surface area contributed by atoms with Crippen LogP contribution in [0, 0.1) is 11.3 Å². The lowest BCUT2D eigenvalue weighted by atomic mass is 10.1. The van der Waals surface area contributed by atoms with Crippen LogP contribution in [0.5, 0.6) is 0 Å². The van der Waals surface area contributed by atoms with Crippen LogP contribution in [0.25, 0.3) is 0 Å². The third-order valence-electron chi connectivity index (χ3n) is 4.52. The van der Waals surface area contributed by atoms with Gasteiger partial charge in [-0.05, 0) is 36.1 Å². The predicted molar refractivity (Wildman–Crippen MR) is 97.0 cm³/mol. The number of benzene rings is 1. The average molecular weight is 341 g/mol. The second-order valence-electron chi connectivity index (χ2n) is 6.04. The fourth-order valence-electron chi connectivity index (χ4n) is 3.03. The summed E-state index contributed by atoms with van der Waals surface area (Å²) in [4.78, 5) is 3.91. The standard InChI is InChI=1S/C19H23N3OS/c1-15(17-6-4-16(13-20)5-7-17)21-14-18(19-3-2-12-24-19)22-8-10-23-11-9-22/h2-7,12,15,18,21H,8-11,14H2,1H3/t15-,18+/m0/s1. The molecule has 3 rings (SSSR count). The second kappa shape index (κ2) is 8.41. The van der Waals surface area contributed by atoms with Crippen molar-refractivity contribution in [3.05, 3.63) is 57.8 Å². The molecule has 2 aromatic rings. The molecule has 1 N–H and O–H groups in total. The fraction of sp³-hybridized carbons (Fsp3) is 0.421. The maximum atomic E-state index is 8.91. The van der Waals surface area contributed by atoms with E-state index in [4.69, 9.17) is 10.00 Å². The Labute approximate surface area is 147 Å². The summed E-state index contributed by atoms with van der Waals surface area (Å²) < 4.78 is 5.50. The molecule has 0 radical (unpaired) electrons. The minimum Gasteiger partial charge on any atom is -0.379 e. The summed E-state index contributed by atoms with van der Waals surface area (Å²) in [7, 11) is 0. The second-order valence-corrected chi connectivity index (χ2v) is 7.02. The van der Waals surface area contributed by atoms with Gasteiger partial charge in [0.25, 0.3) is 0 Å². The van der Waals surface area contributed by atoms with Gasteiger partial charge < -0.3 is 10.1 Å². The molecule has 0 bridgehead atoms. The number of nitrogens with one attached hydrogen (secondary N) is 1. The molecule has 0 spiro atoms. The zero-order chi connectivity index (χ0) is 16.8. The number of hydrogen-bond donors (Lipinski definition) is 1. The third-order valence-corrected chi connectivity index (χ3v) is 5.49. The molecule has 1 fully saturated rings. The highest BCUT2D eigenvalue weighted by Crippen LogP contribution is 2.26. The monoisotopic (exact) mass is 341 g/mol. The van der Waals surface area contributed by atoms with Crippen LogP contribution >= 0.6 is 11.3 Å². The molecule has 1 aromatic carbocycles. The van der Waals surface area contributed by atoms with Crippen molar-refractivity contribution in [2.45, 2.75) is 19.0 Å². The maximum Gasteiger partial charge on any atom is 0.0991 e. The van der Waals surface area contributed by atoms with Crippen molar-refractivity contribution >= 4 is 11.3 Å². The molecular weight excluding hydrogens is 318 g/mol. The van der Waals surface area contributed by atoms with E-state index in [0.717, 1.165) is 32.8 Å². The molecule has 0 unspecified atom stereocenters. The van der Waals surface area contributed by atoms with Gasteiger partial charge in [-0.1, -0.05) is 18.2 Å². The first-order valence-electron chi connectivity index (χ1n) is 8.36. The third kappa shape index (κ3) is 4.22. The van der Waals surface area contributed by atoms with Crippen LogP contribution in [-0.2, 0) is 4.74 Å². The molecule has 126 valence electrons. The summed E-state index contributed by atoms with van der Waals surface area (Å²) in [6.07, 6.45) is 0. The van der Waals surface area contributed by atoms with E-state index >= 15 is 0 Å². The first-order chi connectivity index (χ1) is 11.8. The van der Waals surface area contributed by atoms with Gasteiger partial charge in [-0.15, -0.1) is 11.3 Å². The lowest BCUT2D eigenvalue weighted by molar-refractivity contribution is 0.0164. The van der Waals surface area contributed by atoms with Crippen LogP contribution in [0.4, 0.5) is 0 Å². The van der Waals surface area contributed by atoms with E-state index < -0.39 is 0 Å². The van der Waals surface area contributed by atoms with E-state index in [1.54, 1.807) is 0 Å². The summed E-state index contributed by atoms with van der Waals surface area (Å²) in [5.41, 5.74) is 1.91. The van der Waals surface area contributed by atoms with Crippen LogP contribution in [0.1, 0.15) is 35.0 Å². The van der Waals surface area contributed by atoms with Crippen molar-refractivity contribution in [1.82, 2.24) is 10.2 Å². The number of hydrogen-bond acceptors (Lipinski definition) is 5. The summed E-state index contributed by atoms with van der Waals surface area (Å²) in [6, 6.07) is 15.0. The van der Waals surface area contributed by atoms with Crippen molar-refractivity contribution in [3.63, 3.8) is 0 Å². The summed E-state index contributed by atoms with van der Waals surface area (Å²) in [5.74, 6) is 0. The molecule has 0 saturated carbocycles. The molecule has 1 aliphatic heterocycles. The predicted octanol–water partition coefficient (Wildman–Crippen LogP) is 3.34. The Balaban J connectivity index is 1.65. The normalized spacial score (nSPS) is 18.0. The van der Waals surface area contributed by atoms with Crippen LogP contribution < -0.4 is 5.32 Å². The molecule has 4 nitrogen and oxygen atoms in total. The van der Waals surface area contributed by atoms with Gasteiger partial charge in [-0.3, -0.25) is 4.90 Å². The van der Waals surface area contributed by atoms with Gasteiger partial charge in [-0.25, -0.2) is 0 Å². The number of ether oxygens (including phenoxy) is 1. The number of nitrogens with zero attached hydrogens (tertiary/aromatic N) is 2. The number of rotatable bonds is 6. The Morgan fingerprint density at radius 2 is 2.00 bits per heavy atom. The van der Waals surface area contributed by atoms with Crippen molar-refractivity contribution < 1.29 is 4.74 Å². The highest BCUT2D eigenvalue weighted by atomic mass is 32.1. The zero-order valence-electron chi connectivity index (χ0n) is 13.9. The van der Waals surface area contributed by atoms with Crippen molar-refractivity contribution in [2.24, 2.45) is 0 Å². The van der Waals surface area contributed by atoms with Gasteiger partial charge in [0.15, 0.2) is 0 Å². The van der Waals surface area contributed by atoms with E-state index in [2.05, 4.69) is 40.7 Å².